The molecule has 0 bridgehead atoms. The summed E-state index contributed by atoms with van der Waals surface area (Å²) < 4.78 is 12.7. The van der Waals surface area contributed by atoms with Crippen molar-refractivity contribution in [3.8, 4) is 0 Å². The lowest BCUT2D eigenvalue weighted by atomic mass is 10.3. The summed E-state index contributed by atoms with van der Waals surface area (Å²) in [6.07, 6.45) is 1.10. The molecule has 1 aliphatic heterocycles. The second kappa shape index (κ2) is 4.28. The molecule has 6 nitrogen and oxygen atoms in total. The van der Waals surface area contributed by atoms with E-state index in [9.17, 15) is 18.8 Å². The Morgan fingerprint density at radius 2 is 2.00 bits per heavy atom. The normalized spacial score (nSPS) is 15.2. The Morgan fingerprint density at radius 1 is 1.35 bits per heavy atom. The molecular weight excluding hydrogens is 231 g/mol. The smallest absolute Gasteiger partial charge is 0.325 e. The number of pyridine rings is 1. The van der Waals surface area contributed by atoms with Crippen molar-refractivity contribution in [2.75, 3.05) is 0 Å². The van der Waals surface area contributed by atoms with Crippen LogP contribution in [0.2, 0.25) is 0 Å². The molecule has 2 heterocycles. The Morgan fingerprint density at radius 3 is 2.59 bits per heavy atom. The molecule has 2 rings (SSSR count). The van der Waals surface area contributed by atoms with E-state index in [2.05, 4.69) is 9.82 Å². The summed E-state index contributed by atoms with van der Waals surface area (Å²) >= 11 is 0. The van der Waals surface area contributed by atoms with Gasteiger partial charge in [0.2, 0.25) is 5.95 Å². The molecule has 1 fully saturated rings. The van der Waals surface area contributed by atoms with Crippen LogP contribution < -0.4 is 0 Å². The zero-order valence-electron chi connectivity index (χ0n) is 8.55. The predicted octanol–water partition coefficient (Wildman–Crippen LogP) is 0.442. The van der Waals surface area contributed by atoms with Crippen LogP contribution in [0.15, 0.2) is 18.3 Å². The molecule has 1 aromatic rings. The van der Waals surface area contributed by atoms with Crippen LogP contribution in [0.4, 0.5) is 4.39 Å². The van der Waals surface area contributed by atoms with Gasteiger partial charge in [-0.2, -0.15) is 4.39 Å². The molecular formula is C10H7FN2O4. The summed E-state index contributed by atoms with van der Waals surface area (Å²) in [5, 5.41) is 0.403. The minimum atomic E-state index is -0.977. The number of hydroxylamine groups is 2. The van der Waals surface area contributed by atoms with Crippen LogP contribution in [0.5, 0.6) is 0 Å². The third-order valence-electron chi connectivity index (χ3n) is 2.14. The summed E-state index contributed by atoms with van der Waals surface area (Å²) in [5.74, 6) is -3.00. The number of aromatic nitrogens is 1. The minimum absolute atomic E-state index is 0.0107. The van der Waals surface area contributed by atoms with E-state index in [4.69, 9.17) is 0 Å². The fraction of sp³-hybridized carbons (Fsp3) is 0.200. The third kappa shape index (κ3) is 2.27. The van der Waals surface area contributed by atoms with Crippen LogP contribution in [0.25, 0.3) is 0 Å². The summed E-state index contributed by atoms with van der Waals surface area (Å²) in [6, 6.07) is 2.07. The van der Waals surface area contributed by atoms with E-state index in [1.807, 2.05) is 0 Å². The van der Waals surface area contributed by atoms with E-state index < -0.39 is 23.7 Å². The highest BCUT2D eigenvalue weighted by molar-refractivity contribution is 6.02. The maximum absolute atomic E-state index is 12.7. The molecule has 7 heteroatoms. The first-order valence-corrected chi connectivity index (χ1v) is 4.77. The number of halogens is 1. The first-order valence-electron chi connectivity index (χ1n) is 4.77. The number of hydrogen-bond acceptors (Lipinski definition) is 5. The van der Waals surface area contributed by atoms with Gasteiger partial charge >= 0.3 is 5.97 Å². The Balaban J connectivity index is 2.12. The topological polar surface area (TPSA) is 76.6 Å². The average Bonchev–Trinajstić information content (AvgIpc) is 2.61. The van der Waals surface area contributed by atoms with Gasteiger partial charge in [-0.25, -0.2) is 9.78 Å². The lowest BCUT2D eigenvalue weighted by Crippen LogP contribution is -2.32. The van der Waals surface area contributed by atoms with Crippen molar-refractivity contribution in [1.29, 1.82) is 0 Å². The molecule has 0 aliphatic carbocycles. The van der Waals surface area contributed by atoms with E-state index in [1.54, 1.807) is 0 Å². The quantitative estimate of drug-likeness (QED) is 0.552. The molecule has 2 amide bonds. The standard InChI is InChI=1S/C10H7FN2O4/c11-7-5-6(3-4-12-7)10(16)17-13-8(14)1-2-9(13)15/h3-5H,1-2H2. The van der Waals surface area contributed by atoms with Gasteiger partial charge < -0.3 is 4.84 Å². The maximum atomic E-state index is 12.7. The molecule has 0 radical (unpaired) electrons. The van der Waals surface area contributed by atoms with Gasteiger partial charge in [0.15, 0.2) is 0 Å². The fourth-order valence-electron chi connectivity index (χ4n) is 1.32. The van der Waals surface area contributed by atoms with Crippen molar-refractivity contribution in [2.45, 2.75) is 12.8 Å². The van der Waals surface area contributed by atoms with E-state index in [-0.39, 0.29) is 18.4 Å². The van der Waals surface area contributed by atoms with Crippen molar-refractivity contribution in [1.82, 2.24) is 10.0 Å². The van der Waals surface area contributed by atoms with Crippen molar-refractivity contribution in [3.63, 3.8) is 0 Å². The average molecular weight is 238 g/mol. The van der Waals surface area contributed by atoms with Gasteiger partial charge in [0, 0.05) is 25.1 Å². The highest BCUT2D eigenvalue weighted by Gasteiger charge is 2.33. The second-order valence-electron chi connectivity index (χ2n) is 3.33. The molecule has 0 atom stereocenters. The zero-order valence-corrected chi connectivity index (χ0v) is 8.55. The summed E-state index contributed by atoms with van der Waals surface area (Å²) in [4.78, 5) is 41.6. The first-order chi connectivity index (χ1) is 8.08. The summed E-state index contributed by atoms with van der Waals surface area (Å²) in [5.41, 5.74) is -0.120. The Labute approximate surface area is 94.9 Å². The maximum Gasteiger partial charge on any atom is 0.364 e. The van der Waals surface area contributed by atoms with Crippen LogP contribution in [0.1, 0.15) is 23.2 Å². The van der Waals surface area contributed by atoms with Gasteiger partial charge in [-0.15, -0.1) is 5.06 Å². The highest BCUT2D eigenvalue weighted by Crippen LogP contribution is 2.14. The monoisotopic (exact) mass is 238 g/mol. The van der Waals surface area contributed by atoms with Gasteiger partial charge in [0.05, 0.1) is 5.56 Å². The number of rotatable bonds is 2. The largest absolute Gasteiger partial charge is 0.364 e. The van der Waals surface area contributed by atoms with Crippen molar-refractivity contribution in [3.05, 3.63) is 29.8 Å². The molecule has 88 valence electrons. The van der Waals surface area contributed by atoms with Gasteiger partial charge in [-0.3, -0.25) is 9.59 Å². The minimum Gasteiger partial charge on any atom is -0.325 e. The number of nitrogens with zero attached hydrogens (tertiary/aromatic N) is 2. The van der Waals surface area contributed by atoms with E-state index in [0.29, 0.717) is 5.06 Å². The van der Waals surface area contributed by atoms with Crippen LogP contribution in [-0.2, 0) is 14.4 Å². The van der Waals surface area contributed by atoms with Crippen LogP contribution in [0.3, 0.4) is 0 Å². The molecule has 17 heavy (non-hydrogen) atoms. The second-order valence-corrected chi connectivity index (χ2v) is 3.33. The van der Waals surface area contributed by atoms with Crippen molar-refractivity contribution in [2.24, 2.45) is 0 Å². The predicted molar refractivity (Wildman–Crippen MR) is 50.7 cm³/mol. The van der Waals surface area contributed by atoms with E-state index >= 15 is 0 Å². The zero-order chi connectivity index (χ0) is 12.4. The van der Waals surface area contributed by atoms with Crippen LogP contribution in [0, 0.1) is 5.95 Å². The number of amides is 2. The molecule has 1 saturated heterocycles. The molecule has 1 aromatic heterocycles. The summed E-state index contributed by atoms with van der Waals surface area (Å²) in [7, 11) is 0. The first kappa shape index (κ1) is 11.2. The number of imide groups is 1. The van der Waals surface area contributed by atoms with Gasteiger partial charge in [-0.05, 0) is 6.07 Å². The molecule has 0 aromatic carbocycles. The van der Waals surface area contributed by atoms with Gasteiger partial charge in [0.25, 0.3) is 11.8 Å². The van der Waals surface area contributed by atoms with Crippen LogP contribution >= 0.6 is 0 Å². The number of carbonyl (C=O) groups excluding carboxylic acids is 3. The Kier molecular flexibility index (Phi) is 2.82. The fourth-order valence-corrected chi connectivity index (χ4v) is 1.32. The van der Waals surface area contributed by atoms with Crippen molar-refractivity contribution < 1.29 is 23.6 Å². The lowest BCUT2D eigenvalue weighted by Gasteiger charge is -2.12. The summed E-state index contributed by atoms with van der Waals surface area (Å²) in [6.45, 7) is 0. The SMILES string of the molecule is O=C(ON1C(=O)CCC1=O)c1ccnc(F)c1. The van der Waals surface area contributed by atoms with E-state index in [1.165, 1.54) is 6.07 Å². The lowest BCUT2D eigenvalue weighted by molar-refractivity contribution is -0.172. The highest BCUT2D eigenvalue weighted by atomic mass is 19.1. The molecule has 1 aliphatic rings. The molecule has 0 spiro atoms. The molecule has 0 saturated carbocycles. The van der Waals surface area contributed by atoms with Gasteiger partial charge in [-0.1, -0.05) is 0 Å². The van der Waals surface area contributed by atoms with Gasteiger partial charge in [0.1, 0.15) is 0 Å². The van der Waals surface area contributed by atoms with E-state index in [0.717, 1.165) is 12.3 Å². The van der Waals surface area contributed by atoms with Crippen molar-refractivity contribution >= 4 is 17.8 Å². The Hall–Kier alpha value is -2.31. The molecule has 0 unspecified atom stereocenters. The van der Waals surface area contributed by atoms with Crippen LogP contribution in [-0.4, -0.2) is 27.8 Å². The third-order valence-corrected chi connectivity index (χ3v) is 2.14. The Bertz CT molecular complexity index is 487. The number of hydrogen-bond donors (Lipinski definition) is 0. The number of carbonyl (C=O) groups is 3. The molecule has 0 N–H and O–H groups in total.